The molecule has 0 radical (unpaired) electrons. The summed E-state index contributed by atoms with van der Waals surface area (Å²) < 4.78 is 8.59. The van der Waals surface area contributed by atoms with E-state index in [2.05, 4.69) is 64.0 Å². The summed E-state index contributed by atoms with van der Waals surface area (Å²) in [7, 11) is 4.13. The van der Waals surface area contributed by atoms with Crippen molar-refractivity contribution in [3.63, 3.8) is 0 Å². The molecule has 0 amide bonds. The van der Waals surface area contributed by atoms with E-state index in [1.165, 1.54) is 5.69 Å². The maximum absolute atomic E-state index is 5.35. The second-order valence-corrected chi connectivity index (χ2v) is 6.17. The van der Waals surface area contributed by atoms with Crippen LogP contribution in [0.25, 0.3) is 0 Å². The van der Waals surface area contributed by atoms with Crippen LogP contribution in [0.1, 0.15) is 32.4 Å². The molecule has 5 nitrogen and oxygen atoms in total. The molecular formula is C16H29BrN4O. The number of unbranched alkanes of at least 4 members (excludes halogenated alkanes) is 1. The maximum atomic E-state index is 5.35. The number of hydrogen-bond acceptors (Lipinski definition) is 2. The molecule has 0 aliphatic carbocycles. The number of aliphatic imine (C=N–C) groups is 1. The van der Waals surface area contributed by atoms with E-state index < -0.39 is 0 Å². The third kappa shape index (κ3) is 6.83. The Labute approximate surface area is 142 Å². The van der Waals surface area contributed by atoms with Crippen molar-refractivity contribution in [3.05, 3.63) is 22.4 Å². The van der Waals surface area contributed by atoms with E-state index in [-0.39, 0.29) is 0 Å². The number of hydrogen-bond donors (Lipinski definition) is 1. The Morgan fingerprint density at radius 2 is 2.18 bits per heavy atom. The minimum absolute atomic E-state index is 0.793. The monoisotopic (exact) mass is 372 g/mol. The van der Waals surface area contributed by atoms with Crippen LogP contribution in [-0.2, 0) is 18.3 Å². The Balaban J connectivity index is 2.51. The van der Waals surface area contributed by atoms with Crippen molar-refractivity contribution in [1.82, 2.24) is 14.8 Å². The van der Waals surface area contributed by atoms with Gasteiger partial charge < -0.3 is 19.5 Å². The summed E-state index contributed by atoms with van der Waals surface area (Å²) in [6, 6.07) is 2.14. The number of aryl methyl sites for hydroxylation is 1. The van der Waals surface area contributed by atoms with Crippen LogP contribution in [0.3, 0.4) is 0 Å². The lowest BCUT2D eigenvalue weighted by Crippen LogP contribution is -2.38. The van der Waals surface area contributed by atoms with Crippen LogP contribution in [0.15, 0.2) is 21.7 Å². The van der Waals surface area contributed by atoms with Crippen molar-refractivity contribution in [2.75, 3.05) is 33.4 Å². The van der Waals surface area contributed by atoms with Crippen molar-refractivity contribution >= 4 is 21.9 Å². The molecule has 0 spiro atoms. The topological polar surface area (TPSA) is 41.8 Å². The molecule has 0 unspecified atom stereocenters. The Morgan fingerprint density at radius 1 is 1.41 bits per heavy atom. The molecule has 0 aromatic carbocycles. The molecule has 0 saturated heterocycles. The largest absolute Gasteiger partial charge is 0.382 e. The van der Waals surface area contributed by atoms with Gasteiger partial charge in [0.2, 0.25) is 0 Å². The quantitative estimate of drug-likeness (QED) is 0.411. The molecule has 22 heavy (non-hydrogen) atoms. The molecule has 1 aromatic heterocycles. The highest BCUT2D eigenvalue weighted by Gasteiger charge is 2.09. The van der Waals surface area contributed by atoms with E-state index in [0.29, 0.717) is 0 Å². The summed E-state index contributed by atoms with van der Waals surface area (Å²) in [5, 5.41) is 3.35. The first-order valence-corrected chi connectivity index (χ1v) is 8.75. The fourth-order valence-electron chi connectivity index (χ4n) is 2.16. The van der Waals surface area contributed by atoms with Gasteiger partial charge in [-0.25, -0.2) is 0 Å². The number of nitrogens with one attached hydrogen (secondary N) is 1. The summed E-state index contributed by atoms with van der Waals surface area (Å²) in [5.41, 5.74) is 1.25. The molecule has 0 aliphatic rings. The lowest BCUT2D eigenvalue weighted by molar-refractivity contribution is 0.144. The van der Waals surface area contributed by atoms with Crippen molar-refractivity contribution < 1.29 is 4.74 Å². The molecule has 6 heteroatoms. The van der Waals surface area contributed by atoms with Crippen LogP contribution in [-0.4, -0.2) is 48.8 Å². The van der Waals surface area contributed by atoms with E-state index >= 15 is 0 Å². The van der Waals surface area contributed by atoms with Gasteiger partial charge in [-0.2, -0.15) is 0 Å². The van der Waals surface area contributed by atoms with Gasteiger partial charge >= 0.3 is 0 Å². The highest BCUT2D eigenvalue weighted by atomic mass is 79.9. The van der Waals surface area contributed by atoms with Gasteiger partial charge in [-0.3, -0.25) is 4.99 Å². The number of halogens is 1. The van der Waals surface area contributed by atoms with Crippen LogP contribution in [0.5, 0.6) is 0 Å². The second-order valence-electron chi connectivity index (χ2n) is 5.26. The normalized spacial score (nSPS) is 11.8. The molecule has 1 rings (SSSR count). The van der Waals surface area contributed by atoms with Gasteiger partial charge in [0, 0.05) is 56.8 Å². The van der Waals surface area contributed by atoms with Gasteiger partial charge in [-0.1, -0.05) is 0 Å². The lowest BCUT2D eigenvalue weighted by Gasteiger charge is -2.22. The summed E-state index contributed by atoms with van der Waals surface area (Å²) >= 11 is 3.52. The van der Waals surface area contributed by atoms with Gasteiger partial charge in [0.05, 0.1) is 6.54 Å². The molecule has 0 bridgehead atoms. The molecular weight excluding hydrogens is 344 g/mol. The SMILES string of the molecule is CCNC(=NCCCCOCC)N(C)Cc1cc(Br)cn1C. The van der Waals surface area contributed by atoms with Crippen molar-refractivity contribution in [3.8, 4) is 0 Å². The smallest absolute Gasteiger partial charge is 0.194 e. The van der Waals surface area contributed by atoms with Gasteiger partial charge in [0.25, 0.3) is 0 Å². The van der Waals surface area contributed by atoms with Crippen LogP contribution < -0.4 is 5.32 Å². The van der Waals surface area contributed by atoms with Crippen molar-refractivity contribution in [2.45, 2.75) is 33.2 Å². The average molecular weight is 373 g/mol. The predicted octanol–water partition coefficient (Wildman–Crippen LogP) is 3.00. The van der Waals surface area contributed by atoms with Gasteiger partial charge in [0.1, 0.15) is 0 Å². The third-order valence-electron chi connectivity index (χ3n) is 3.33. The Bertz CT molecular complexity index is 459. The maximum Gasteiger partial charge on any atom is 0.194 e. The molecule has 0 fully saturated rings. The summed E-state index contributed by atoms with van der Waals surface area (Å²) in [6.45, 7) is 8.27. The molecule has 1 heterocycles. The molecule has 0 aliphatic heterocycles. The molecule has 126 valence electrons. The zero-order valence-electron chi connectivity index (χ0n) is 14.2. The van der Waals surface area contributed by atoms with Gasteiger partial charge in [0.15, 0.2) is 5.96 Å². The van der Waals surface area contributed by atoms with E-state index in [1.807, 2.05) is 6.92 Å². The highest BCUT2D eigenvalue weighted by molar-refractivity contribution is 9.10. The highest BCUT2D eigenvalue weighted by Crippen LogP contribution is 2.14. The van der Waals surface area contributed by atoms with Crippen LogP contribution in [0.4, 0.5) is 0 Å². The summed E-state index contributed by atoms with van der Waals surface area (Å²) in [6.07, 6.45) is 4.19. The first-order chi connectivity index (χ1) is 10.6. The minimum Gasteiger partial charge on any atom is -0.382 e. The van der Waals surface area contributed by atoms with Crippen LogP contribution in [0.2, 0.25) is 0 Å². The van der Waals surface area contributed by atoms with Gasteiger partial charge in [-0.15, -0.1) is 0 Å². The average Bonchev–Trinajstić information content (AvgIpc) is 2.79. The molecule has 1 N–H and O–H groups in total. The van der Waals surface area contributed by atoms with E-state index in [1.54, 1.807) is 0 Å². The number of guanidine groups is 1. The van der Waals surface area contributed by atoms with E-state index in [0.717, 1.165) is 56.1 Å². The zero-order valence-corrected chi connectivity index (χ0v) is 15.8. The number of aromatic nitrogens is 1. The lowest BCUT2D eigenvalue weighted by atomic mass is 10.3. The summed E-state index contributed by atoms with van der Waals surface area (Å²) in [4.78, 5) is 6.86. The first kappa shape index (κ1) is 19.0. The van der Waals surface area contributed by atoms with Crippen molar-refractivity contribution in [1.29, 1.82) is 0 Å². The van der Waals surface area contributed by atoms with Crippen molar-refractivity contribution in [2.24, 2.45) is 12.0 Å². The molecule has 1 aromatic rings. The number of nitrogens with zero attached hydrogens (tertiary/aromatic N) is 3. The first-order valence-electron chi connectivity index (χ1n) is 7.96. The fraction of sp³-hybridized carbons (Fsp3) is 0.688. The fourth-order valence-corrected chi connectivity index (χ4v) is 2.73. The third-order valence-corrected chi connectivity index (χ3v) is 3.77. The van der Waals surface area contributed by atoms with E-state index in [4.69, 9.17) is 9.73 Å². The van der Waals surface area contributed by atoms with Crippen LogP contribution in [0, 0.1) is 0 Å². The zero-order chi connectivity index (χ0) is 16.4. The van der Waals surface area contributed by atoms with Gasteiger partial charge in [-0.05, 0) is 48.7 Å². The van der Waals surface area contributed by atoms with E-state index in [9.17, 15) is 0 Å². The Morgan fingerprint density at radius 3 is 2.77 bits per heavy atom. The standard InChI is InChI=1S/C16H29BrN4O/c1-5-18-16(19-9-7-8-10-22-6-2)21(4)13-15-11-14(17)12-20(15)3/h11-12H,5-10,13H2,1-4H3,(H,18,19). The predicted molar refractivity (Wildman–Crippen MR) is 96.3 cm³/mol. The van der Waals surface area contributed by atoms with Crippen LogP contribution >= 0.6 is 15.9 Å². The number of rotatable bonds is 9. The Kier molecular flexibility index (Phi) is 9.24. The minimum atomic E-state index is 0.793. The number of ether oxygens (including phenoxy) is 1. The molecule has 0 atom stereocenters. The second kappa shape index (κ2) is 10.7. The Hall–Kier alpha value is -1.01. The summed E-state index contributed by atoms with van der Waals surface area (Å²) in [5.74, 6) is 0.955. The molecule has 0 saturated carbocycles.